The molecule has 1 aliphatic rings. The molecule has 5 nitrogen and oxygen atoms in total. The first-order chi connectivity index (χ1) is 11.2. The largest absolute Gasteiger partial charge is 0.357 e. The number of amides is 1. The van der Waals surface area contributed by atoms with Crippen molar-refractivity contribution in [3.05, 3.63) is 20.8 Å². The summed E-state index contributed by atoms with van der Waals surface area (Å²) in [4.78, 5) is 19.4. The van der Waals surface area contributed by atoms with E-state index in [-0.39, 0.29) is 24.0 Å². The van der Waals surface area contributed by atoms with Gasteiger partial charge in [-0.25, -0.2) is 0 Å². The Morgan fingerprint density at radius 3 is 2.88 bits per heavy atom. The highest BCUT2D eigenvalue weighted by molar-refractivity contribution is 14.0. The van der Waals surface area contributed by atoms with Crippen LogP contribution in [0.15, 0.2) is 20.9 Å². The van der Waals surface area contributed by atoms with E-state index < -0.39 is 0 Å². The van der Waals surface area contributed by atoms with Crippen LogP contribution < -0.4 is 10.6 Å². The summed E-state index contributed by atoms with van der Waals surface area (Å²) < 4.78 is 1.17. The van der Waals surface area contributed by atoms with E-state index in [9.17, 15) is 4.79 Å². The molecule has 0 radical (unpaired) electrons. The molecule has 2 heterocycles. The summed E-state index contributed by atoms with van der Waals surface area (Å²) in [5.41, 5.74) is 0. The number of hydrogen-bond acceptors (Lipinski definition) is 3. The van der Waals surface area contributed by atoms with Crippen molar-refractivity contribution in [3.63, 3.8) is 0 Å². The average molecular weight is 529 g/mol. The van der Waals surface area contributed by atoms with Gasteiger partial charge >= 0.3 is 0 Å². The molecule has 0 aliphatic carbocycles. The third-order valence-corrected chi connectivity index (χ3v) is 5.35. The zero-order valence-corrected chi connectivity index (χ0v) is 18.7. The minimum Gasteiger partial charge on any atom is -0.357 e. The first-order valence-electron chi connectivity index (χ1n) is 8.23. The van der Waals surface area contributed by atoms with Crippen LogP contribution in [0.25, 0.3) is 0 Å². The van der Waals surface area contributed by atoms with Crippen molar-refractivity contribution in [2.24, 2.45) is 4.99 Å². The topological polar surface area (TPSA) is 56.7 Å². The molecule has 0 aromatic carbocycles. The van der Waals surface area contributed by atoms with Crippen LogP contribution in [0.1, 0.15) is 31.1 Å². The highest BCUT2D eigenvalue weighted by Gasteiger charge is 2.18. The van der Waals surface area contributed by atoms with Gasteiger partial charge in [-0.15, -0.1) is 35.3 Å². The highest BCUT2D eigenvalue weighted by Crippen LogP contribution is 2.21. The Balaban J connectivity index is 0.00000288. The molecule has 8 heteroatoms. The zero-order valence-electron chi connectivity index (χ0n) is 14.0. The fraction of sp³-hybridized carbons (Fsp3) is 0.625. The van der Waals surface area contributed by atoms with E-state index in [4.69, 9.17) is 0 Å². The molecule has 24 heavy (non-hydrogen) atoms. The maximum Gasteiger partial charge on any atom is 0.222 e. The van der Waals surface area contributed by atoms with E-state index in [1.807, 2.05) is 4.90 Å². The van der Waals surface area contributed by atoms with E-state index in [2.05, 4.69) is 50.6 Å². The van der Waals surface area contributed by atoms with Gasteiger partial charge in [0.05, 0.1) is 3.79 Å². The van der Waals surface area contributed by atoms with Crippen LogP contribution in [0, 0.1) is 0 Å². The van der Waals surface area contributed by atoms with Crippen molar-refractivity contribution in [3.8, 4) is 0 Å². The Kier molecular flexibility index (Phi) is 10.9. The molecule has 1 fully saturated rings. The summed E-state index contributed by atoms with van der Waals surface area (Å²) in [6, 6.07) is 4.23. The number of halogens is 2. The summed E-state index contributed by atoms with van der Waals surface area (Å²) in [6.07, 6.45) is 3.63. The van der Waals surface area contributed by atoms with Gasteiger partial charge in [-0.2, -0.15) is 0 Å². The number of nitrogens with zero attached hydrogens (tertiary/aromatic N) is 2. The molecule has 1 saturated heterocycles. The van der Waals surface area contributed by atoms with Gasteiger partial charge in [-0.3, -0.25) is 9.79 Å². The Morgan fingerprint density at radius 2 is 2.25 bits per heavy atom. The molecule has 2 rings (SSSR count). The first-order valence-corrected chi connectivity index (χ1v) is 9.84. The second-order valence-corrected chi connectivity index (χ2v) is 8.03. The van der Waals surface area contributed by atoms with E-state index in [0.29, 0.717) is 12.3 Å². The third-order valence-electron chi connectivity index (χ3n) is 3.66. The maximum atomic E-state index is 11.5. The molecule has 1 amide bonds. The molecule has 0 bridgehead atoms. The van der Waals surface area contributed by atoms with Crippen LogP contribution in [0.5, 0.6) is 0 Å². The predicted octanol–water partition coefficient (Wildman–Crippen LogP) is 3.24. The van der Waals surface area contributed by atoms with Crippen LogP contribution in [0.3, 0.4) is 0 Å². The predicted molar refractivity (Wildman–Crippen MR) is 116 cm³/mol. The van der Waals surface area contributed by atoms with Gasteiger partial charge in [-0.05, 0) is 54.2 Å². The molecule has 1 aromatic heterocycles. The van der Waals surface area contributed by atoms with Crippen LogP contribution in [0.2, 0.25) is 0 Å². The van der Waals surface area contributed by atoms with Crippen LogP contribution in [-0.2, 0) is 11.2 Å². The van der Waals surface area contributed by atoms with Gasteiger partial charge in [0, 0.05) is 44.0 Å². The number of nitrogens with one attached hydrogen (secondary N) is 2. The molecule has 0 atom stereocenters. The summed E-state index contributed by atoms with van der Waals surface area (Å²) in [5, 5.41) is 6.63. The average Bonchev–Trinajstić information content (AvgIpc) is 3.12. The van der Waals surface area contributed by atoms with Crippen LogP contribution in [-0.4, -0.2) is 49.5 Å². The van der Waals surface area contributed by atoms with E-state index in [1.54, 1.807) is 11.3 Å². The monoisotopic (exact) mass is 528 g/mol. The van der Waals surface area contributed by atoms with Gasteiger partial charge in [0.1, 0.15) is 0 Å². The first kappa shape index (κ1) is 21.7. The number of hydrogen-bond donors (Lipinski definition) is 2. The Morgan fingerprint density at radius 1 is 1.42 bits per heavy atom. The number of guanidine groups is 1. The number of rotatable bonds is 8. The Hall–Kier alpha value is -0.350. The third kappa shape index (κ3) is 7.69. The fourth-order valence-corrected chi connectivity index (χ4v) is 4.01. The Labute approximate surface area is 173 Å². The second kappa shape index (κ2) is 12.1. The van der Waals surface area contributed by atoms with Gasteiger partial charge in [0.2, 0.25) is 5.91 Å². The lowest BCUT2D eigenvalue weighted by Crippen LogP contribution is -2.38. The van der Waals surface area contributed by atoms with Crippen molar-refractivity contribution >= 4 is 63.1 Å². The molecule has 1 aliphatic heterocycles. The number of aliphatic imine (C=N–C) groups is 1. The van der Waals surface area contributed by atoms with E-state index >= 15 is 0 Å². The van der Waals surface area contributed by atoms with Crippen molar-refractivity contribution in [1.82, 2.24) is 15.5 Å². The van der Waals surface area contributed by atoms with E-state index in [1.165, 1.54) is 8.66 Å². The van der Waals surface area contributed by atoms with E-state index in [0.717, 1.165) is 57.9 Å². The number of thiophene rings is 1. The minimum absolute atomic E-state index is 0. The lowest BCUT2D eigenvalue weighted by atomic mass is 10.3. The van der Waals surface area contributed by atoms with Gasteiger partial charge in [0.25, 0.3) is 0 Å². The minimum atomic E-state index is 0. The van der Waals surface area contributed by atoms with Crippen molar-refractivity contribution in [2.75, 3.05) is 32.7 Å². The molecule has 0 spiro atoms. The maximum absolute atomic E-state index is 11.5. The smallest absolute Gasteiger partial charge is 0.222 e. The number of likely N-dealkylation sites (tertiary alicyclic amines) is 1. The van der Waals surface area contributed by atoms with Crippen molar-refractivity contribution < 1.29 is 4.79 Å². The van der Waals surface area contributed by atoms with Gasteiger partial charge in [0.15, 0.2) is 5.96 Å². The highest BCUT2D eigenvalue weighted by atomic mass is 127. The second-order valence-electron chi connectivity index (χ2n) is 5.48. The molecular formula is C16H26BrIN4OS. The number of carbonyl (C=O) groups is 1. The summed E-state index contributed by atoms with van der Waals surface area (Å²) in [5.74, 6) is 1.15. The molecule has 0 saturated carbocycles. The van der Waals surface area contributed by atoms with Crippen LogP contribution in [0.4, 0.5) is 0 Å². The summed E-state index contributed by atoms with van der Waals surface area (Å²) >= 11 is 5.25. The standard InChI is InChI=1S/C16H25BrN4OS.HI/c1-2-18-16(20-10-8-13-6-7-14(17)23-13)19-9-4-12-21-11-3-5-15(21)22;/h6-7H,2-5,8-12H2,1H3,(H2,18,19,20);1H. The normalized spacial score (nSPS) is 14.7. The zero-order chi connectivity index (χ0) is 16.5. The Bertz CT molecular complexity index is 538. The SMILES string of the molecule is CCNC(=NCCCN1CCCC1=O)NCCc1ccc(Br)s1.I. The molecule has 2 N–H and O–H groups in total. The van der Waals surface area contributed by atoms with Crippen molar-refractivity contribution in [2.45, 2.75) is 32.6 Å². The van der Waals surface area contributed by atoms with Crippen LogP contribution >= 0.6 is 51.2 Å². The summed E-state index contributed by atoms with van der Waals surface area (Å²) in [6.45, 7) is 6.26. The number of carbonyl (C=O) groups excluding carboxylic acids is 1. The van der Waals surface area contributed by atoms with Gasteiger partial charge in [-0.1, -0.05) is 0 Å². The lowest BCUT2D eigenvalue weighted by Gasteiger charge is -2.15. The molecular weight excluding hydrogens is 503 g/mol. The fourth-order valence-electron chi connectivity index (χ4n) is 2.52. The summed E-state index contributed by atoms with van der Waals surface area (Å²) in [7, 11) is 0. The lowest BCUT2D eigenvalue weighted by molar-refractivity contribution is -0.127. The molecule has 1 aromatic rings. The molecule has 0 unspecified atom stereocenters. The molecule has 136 valence electrons. The van der Waals surface area contributed by atoms with Crippen molar-refractivity contribution in [1.29, 1.82) is 0 Å². The quantitative estimate of drug-likeness (QED) is 0.236. The van der Waals surface area contributed by atoms with Gasteiger partial charge < -0.3 is 15.5 Å².